The minimum Gasteiger partial charge on any atom is -0.507 e. The van der Waals surface area contributed by atoms with Crippen molar-refractivity contribution in [3.05, 3.63) is 130 Å². The van der Waals surface area contributed by atoms with Gasteiger partial charge in [0.2, 0.25) is 0 Å². The van der Waals surface area contributed by atoms with E-state index in [2.05, 4.69) is 4.98 Å². The fourth-order valence-corrected chi connectivity index (χ4v) is 5.99. The number of ether oxygens (including phenoxy) is 1. The van der Waals surface area contributed by atoms with Crippen molar-refractivity contribution in [1.29, 1.82) is 0 Å². The number of aliphatic hydroxyl groups is 1. The minimum absolute atomic E-state index is 0.00801. The molecule has 8 heteroatoms. The zero-order valence-corrected chi connectivity index (χ0v) is 22.9. The fraction of sp³-hybridized carbons (Fsp3) is 0.0938. The first-order valence-electron chi connectivity index (χ1n) is 12.6. The summed E-state index contributed by atoms with van der Waals surface area (Å²) in [5, 5.41) is 12.3. The van der Waals surface area contributed by atoms with Crippen LogP contribution in [-0.2, 0) is 16.2 Å². The largest absolute Gasteiger partial charge is 0.507 e. The Morgan fingerprint density at radius 1 is 0.975 bits per heavy atom. The quantitative estimate of drug-likeness (QED) is 0.131. The van der Waals surface area contributed by atoms with E-state index < -0.39 is 17.7 Å². The molecule has 1 saturated heterocycles. The second-order valence-electron chi connectivity index (χ2n) is 9.49. The highest BCUT2D eigenvalue weighted by Gasteiger charge is 2.48. The van der Waals surface area contributed by atoms with E-state index in [0.29, 0.717) is 39.2 Å². The Hall–Kier alpha value is -4.46. The van der Waals surface area contributed by atoms with Gasteiger partial charge >= 0.3 is 5.91 Å². The first-order chi connectivity index (χ1) is 19.4. The highest BCUT2D eigenvalue weighted by Crippen LogP contribution is 2.45. The number of amides is 1. The number of nitrogens with zero attached hydrogens (tertiary/aromatic N) is 2. The number of carbonyl (C=O) groups is 2. The van der Waals surface area contributed by atoms with Crippen molar-refractivity contribution >= 4 is 55.7 Å². The number of rotatable bonds is 6. The predicted octanol–water partition coefficient (Wildman–Crippen LogP) is 7.46. The molecule has 4 aromatic carbocycles. The molecule has 1 atom stereocenters. The minimum atomic E-state index is -0.919. The SMILES string of the molecule is Cc1ccc(C(O)=C2C(=O)C(=O)N(c3nc4ccc(Cl)cc4s3)C2c2cccc(OCc3ccccc3)c2)cc1. The smallest absolute Gasteiger partial charge is 0.301 e. The molecule has 1 unspecified atom stereocenters. The highest BCUT2D eigenvalue weighted by molar-refractivity contribution is 7.22. The van der Waals surface area contributed by atoms with Gasteiger partial charge in [-0.15, -0.1) is 0 Å². The second kappa shape index (κ2) is 10.6. The first-order valence-corrected chi connectivity index (χ1v) is 13.8. The molecular weight excluding hydrogens is 544 g/mol. The molecule has 6 rings (SSSR count). The van der Waals surface area contributed by atoms with Crippen molar-refractivity contribution in [1.82, 2.24) is 4.98 Å². The molecule has 1 aromatic heterocycles. The lowest BCUT2D eigenvalue weighted by Gasteiger charge is -2.23. The van der Waals surface area contributed by atoms with Gasteiger partial charge in [-0.2, -0.15) is 0 Å². The van der Waals surface area contributed by atoms with Gasteiger partial charge in [-0.1, -0.05) is 95.2 Å². The van der Waals surface area contributed by atoms with Crippen LogP contribution in [0.5, 0.6) is 5.75 Å². The van der Waals surface area contributed by atoms with Crippen molar-refractivity contribution < 1.29 is 19.4 Å². The number of thiazole rings is 1. The average molecular weight is 567 g/mol. The molecule has 1 N–H and O–H groups in total. The summed E-state index contributed by atoms with van der Waals surface area (Å²) >= 11 is 7.45. The summed E-state index contributed by atoms with van der Waals surface area (Å²) in [6, 6.07) is 28.5. The Labute approximate surface area is 239 Å². The van der Waals surface area contributed by atoms with Gasteiger partial charge in [-0.25, -0.2) is 4.98 Å². The lowest BCUT2D eigenvalue weighted by molar-refractivity contribution is -0.132. The molecule has 1 aliphatic heterocycles. The zero-order chi connectivity index (χ0) is 27.8. The van der Waals surface area contributed by atoms with Gasteiger partial charge in [0.05, 0.1) is 21.8 Å². The number of fused-ring (bicyclic) bond motifs is 1. The normalized spacial score (nSPS) is 16.6. The summed E-state index contributed by atoms with van der Waals surface area (Å²) in [7, 11) is 0. The predicted molar refractivity (Wildman–Crippen MR) is 158 cm³/mol. The molecule has 1 fully saturated rings. The van der Waals surface area contributed by atoms with E-state index in [1.54, 1.807) is 42.5 Å². The monoisotopic (exact) mass is 566 g/mol. The van der Waals surface area contributed by atoms with E-state index in [9.17, 15) is 14.7 Å². The lowest BCUT2D eigenvalue weighted by atomic mass is 9.95. The van der Waals surface area contributed by atoms with Gasteiger partial charge in [0.25, 0.3) is 5.78 Å². The summed E-state index contributed by atoms with van der Waals surface area (Å²) in [4.78, 5) is 33.1. The number of aryl methyl sites for hydroxylation is 1. The third-order valence-corrected chi connectivity index (χ3v) is 7.99. The van der Waals surface area contributed by atoms with Gasteiger partial charge in [-0.3, -0.25) is 14.5 Å². The zero-order valence-electron chi connectivity index (χ0n) is 21.4. The Kier molecular flexibility index (Phi) is 6.84. The molecule has 0 saturated carbocycles. The van der Waals surface area contributed by atoms with E-state index in [4.69, 9.17) is 16.3 Å². The third kappa shape index (κ3) is 4.85. The van der Waals surface area contributed by atoms with Crippen LogP contribution < -0.4 is 9.64 Å². The van der Waals surface area contributed by atoms with Crippen LogP contribution in [-0.4, -0.2) is 21.8 Å². The van der Waals surface area contributed by atoms with Crippen LogP contribution in [0, 0.1) is 6.92 Å². The van der Waals surface area contributed by atoms with E-state index in [0.717, 1.165) is 15.8 Å². The third-order valence-electron chi connectivity index (χ3n) is 6.74. The average Bonchev–Trinajstić information content (AvgIpc) is 3.50. The van der Waals surface area contributed by atoms with Crippen molar-refractivity contribution in [2.45, 2.75) is 19.6 Å². The number of ketones is 1. The molecular formula is C32H23ClN2O4S. The van der Waals surface area contributed by atoms with Crippen LogP contribution in [0.2, 0.25) is 5.02 Å². The fourth-order valence-electron chi connectivity index (χ4n) is 4.72. The number of anilines is 1. The Balaban J connectivity index is 1.47. The van der Waals surface area contributed by atoms with Crippen LogP contribution in [0.3, 0.4) is 0 Å². The van der Waals surface area contributed by atoms with Crippen LogP contribution in [0.15, 0.2) is 103 Å². The Morgan fingerprint density at radius 2 is 1.75 bits per heavy atom. The number of benzene rings is 4. The standard InChI is InChI=1S/C32H23ClN2O4S/c1-19-10-12-21(13-11-19)29(36)27-28(22-8-5-9-24(16-22)39-18-20-6-3-2-4-7-20)35(31(38)30(27)37)32-34-25-15-14-23(33)17-26(25)40-32/h2-17,28,36H,18H2,1H3. The van der Waals surface area contributed by atoms with Crippen molar-refractivity contribution in [3.8, 4) is 5.75 Å². The number of aromatic nitrogens is 1. The number of Topliss-reactive ketones (excluding diaryl/α,β-unsaturated/α-hetero) is 1. The number of halogens is 1. The van der Waals surface area contributed by atoms with Gasteiger partial charge in [-0.05, 0) is 48.4 Å². The molecule has 6 nitrogen and oxygen atoms in total. The maximum absolute atomic E-state index is 13.6. The molecule has 40 heavy (non-hydrogen) atoms. The maximum atomic E-state index is 13.6. The van der Waals surface area contributed by atoms with Crippen LogP contribution in [0.25, 0.3) is 16.0 Å². The van der Waals surface area contributed by atoms with Crippen molar-refractivity contribution in [2.24, 2.45) is 0 Å². The molecule has 1 aliphatic rings. The number of aliphatic hydroxyl groups excluding tert-OH is 1. The molecule has 0 spiro atoms. The van der Waals surface area contributed by atoms with Gasteiger partial charge in [0.15, 0.2) is 5.13 Å². The van der Waals surface area contributed by atoms with Gasteiger partial charge < -0.3 is 9.84 Å². The first kappa shape index (κ1) is 25.8. The maximum Gasteiger partial charge on any atom is 0.301 e. The van der Waals surface area contributed by atoms with Crippen molar-refractivity contribution in [3.63, 3.8) is 0 Å². The van der Waals surface area contributed by atoms with E-state index in [-0.39, 0.29) is 11.3 Å². The Bertz CT molecular complexity index is 1780. The van der Waals surface area contributed by atoms with E-state index in [1.807, 2.05) is 61.5 Å². The van der Waals surface area contributed by atoms with Crippen LogP contribution in [0.1, 0.15) is 28.3 Å². The summed E-state index contributed by atoms with van der Waals surface area (Å²) in [6.07, 6.45) is 0. The molecule has 5 aromatic rings. The van der Waals surface area contributed by atoms with Gasteiger partial charge in [0.1, 0.15) is 18.1 Å². The second-order valence-corrected chi connectivity index (χ2v) is 10.9. The molecule has 0 bridgehead atoms. The summed E-state index contributed by atoms with van der Waals surface area (Å²) in [6.45, 7) is 2.29. The Morgan fingerprint density at radius 3 is 2.52 bits per heavy atom. The molecule has 2 heterocycles. The lowest BCUT2D eigenvalue weighted by Crippen LogP contribution is -2.29. The van der Waals surface area contributed by atoms with Crippen molar-refractivity contribution in [2.75, 3.05) is 4.90 Å². The van der Waals surface area contributed by atoms with E-state index in [1.165, 1.54) is 16.2 Å². The summed E-state index contributed by atoms with van der Waals surface area (Å²) in [5.74, 6) is -1.22. The van der Waals surface area contributed by atoms with Crippen LogP contribution >= 0.6 is 22.9 Å². The number of carbonyl (C=O) groups excluding carboxylic acids is 2. The molecule has 1 amide bonds. The van der Waals surface area contributed by atoms with Crippen LogP contribution in [0.4, 0.5) is 5.13 Å². The highest BCUT2D eigenvalue weighted by atomic mass is 35.5. The topological polar surface area (TPSA) is 79.7 Å². The van der Waals surface area contributed by atoms with Gasteiger partial charge in [0, 0.05) is 10.6 Å². The summed E-state index contributed by atoms with van der Waals surface area (Å²) < 4.78 is 6.83. The number of hydrogen-bond acceptors (Lipinski definition) is 6. The molecule has 198 valence electrons. The molecule has 0 aliphatic carbocycles. The molecule has 0 radical (unpaired) electrons. The number of hydrogen-bond donors (Lipinski definition) is 1. The van der Waals surface area contributed by atoms with E-state index >= 15 is 0 Å². The summed E-state index contributed by atoms with van der Waals surface area (Å²) in [5.41, 5.74) is 3.71.